The van der Waals surface area contributed by atoms with Gasteiger partial charge in [-0.3, -0.25) is 9.36 Å². The molecule has 0 spiro atoms. The highest BCUT2D eigenvalue weighted by molar-refractivity contribution is 8.00. The van der Waals surface area contributed by atoms with Gasteiger partial charge in [0, 0.05) is 6.54 Å². The third kappa shape index (κ3) is 5.21. The van der Waals surface area contributed by atoms with Crippen molar-refractivity contribution in [3.8, 4) is 11.6 Å². The lowest BCUT2D eigenvalue weighted by Crippen LogP contribution is -2.30. The molecule has 4 rings (SSSR count). The van der Waals surface area contributed by atoms with Crippen molar-refractivity contribution in [3.63, 3.8) is 0 Å². The molecule has 2 aromatic heterocycles. The van der Waals surface area contributed by atoms with E-state index in [4.69, 9.17) is 4.42 Å². The first-order valence-electron chi connectivity index (χ1n) is 9.80. The molecule has 0 saturated heterocycles. The number of amides is 1. The second-order valence-electron chi connectivity index (χ2n) is 6.96. The van der Waals surface area contributed by atoms with E-state index in [1.807, 2.05) is 47.9 Å². The van der Waals surface area contributed by atoms with Crippen LogP contribution in [0.4, 0.5) is 4.39 Å². The van der Waals surface area contributed by atoms with Crippen LogP contribution in [0.1, 0.15) is 18.1 Å². The van der Waals surface area contributed by atoms with Crippen molar-refractivity contribution in [2.75, 3.05) is 0 Å². The van der Waals surface area contributed by atoms with Crippen LogP contribution in [0.25, 0.3) is 11.6 Å². The predicted molar refractivity (Wildman–Crippen MR) is 117 cm³/mol. The second kappa shape index (κ2) is 9.61. The lowest BCUT2D eigenvalue weighted by Gasteiger charge is -2.13. The highest BCUT2D eigenvalue weighted by Crippen LogP contribution is 2.28. The van der Waals surface area contributed by atoms with Gasteiger partial charge in [-0.05, 0) is 42.3 Å². The van der Waals surface area contributed by atoms with E-state index in [1.165, 1.54) is 23.9 Å². The number of furan rings is 1. The second-order valence-corrected chi connectivity index (χ2v) is 8.27. The number of nitrogens with zero attached hydrogens (tertiary/aromatic N) is 3. The maximum Gasteiger partial charge on any atom is 0.233 e. The molecule has 1 N–H and O–H groups in total. The zero-order valence-corrected chi connectivity index (χ0v) is 17.7. The van der Waals surface area contributed by atoms with Crippen LogP contribution in [0, 0.1) is 5.82 Å². The van der Waals surface area contributed by atoms with Crippen molar-refractivity contribution in [1.82, 2.24) is 20.1 Å². The zero-order valence-electron chi connectivity index (χ0n) is 16.9. The van der Waals surface area contributed by atoms with Crippen molar-refractivity contribution in [1.29, 1.82) is 0 Å². The van der Waals surface area contributed by atoms with Gasteiger partial charge < -0.3 is 9.73 Å². The molecule has 158 valence electrons. The molecule has 0 radical (unpaired) electrons. The van der Waals surface area contributed by atoms with Gasteiger partial charge in [-0.25, -0.2) is 4.39 Å². The van der Waals surface area contributed by atoms with Gasteiger partial charge in [0.05, 0.1) is 18.1 Å². The van der Waals surface area contributed by atoms with Crippen LogP contribution < -0.4 is 5.32 Å². The van der Waals surface area contributed by atoms with Crippen LogP contribution in [0.15, 0.2) is 82.6 Å². The first-order valence-corrected chi connectivity index (χ1v) is 10.7. The molecule has 1 atom stereocenters. The summed E-state index contributed by atoms with van der Waals surface area (Å²) in [6, 6.07) is 19.7. The minimum absolute atomic E-state index is 0.136. The number of halogens is 1. The first kappa shape index (κ1) is 20.9. The average molecular weight is 437 g/mol. The number of carbonyl (C=O) groups excluding carboxylic acids is 1. The molecule has 0 aliphatic rings. The predicted octanol–water partition coefficient (Wildman–Crippen LogP) is 4.52. The highest BCUT2D eigenvalue weighted by Gasteiger charge is 2.22. The van der Waals surface area contributed by atoms with Gasteiger partial charge in [-0.2, -0.15) is 0 Å². The molecule has 2 heterocycles. The fourth-order valence-corrected chi connectivity index (χ4v) is 3.89. The van der Waals surface area contributed by atoms with Crippen LogP contribution in [-0.2, 0) is 17.9 Å². The summed E-state index contributed by atoms with van der Waals surface area (Å²) in [4.78, 5) is 12.6. The van der Waals surface area contributed by atoms with Crippen LogP contribution in [0.2, 0.25) is 0 Å². The Morgan fingerprint density at radius 2 is 1.84 bits per heavy atom. The van der Waals surface area contributed by atoms with Gasteiger partial charge in [-0.1, -0.05) is 54.2 Å². The lowest BCUT2D eigenvalue weighted by atomic mass is 10.2. The van der Waals surface area contributed by atoms with Crippen molar-refractivity contribution < 1.29 is 13.6 Å². The number of aromatic nitrogens is 3. The normalized spacial score (nSPS) is 11.9. The summed E-state index contributed by atoms with van der Waals surface area (Å²) in [5.41, 5.74) is 1.92. The summed E-state index contributed by atoms with van der Waals surface area (Å²) in [5.74, 6) is 0.784. The molecular weight excluding hydrogens is 415 g/mol. The topological polar surface area (TPSA) is 73.0 Å². The maximum atomic E-state index is 13.0. The van der Waals surface area contributed by atoms with Crippen molar-refractivity contribution in [3.05, 3.63) is 89.9 Å². The summed E-state index contributed by atoms with van der Waals surface area (Å²) in [6.07, 6.45) is 1.59. The van der Waals surface area contributed by atoms with Gasteiger partial charge in [-0.15, -0.1) is 10.2 Å². The number of hydrogen-bond acceptors (Lipinski definition) is 5. The molecule has 0 bridgehead atoms. The fourth-order valence-electron chi connectivity index (χ4n) is 3.02. The Labute approximate surface area is 183 Å². The first-order chi connectivity index (χ1) is 15.1. The summed E-state index contributed by atoms with van der Waals surface area (Å²) in [5, 5.41) is 11.7. The highest BCUT2D eigenvalue weighted by atomic mass is 32.2. The zero-order chi connectivity index (χ0) is 21.6. The van der Waals surface area contributed by atoms with Crippen LogP contribution in [0.5, 0.6) is 0 Å². The maximum absolute atomic E-state index is 13.0. The van der Waals surface area contributed by atoms with Gasteiger partial charge >= 0.3 is 0 Å². The Bertz CT molecular complexity index is 1130. The molecule has 0 fully saturated rings. The smallest absolute Gasteiger partial charge is 0.233 e. The van der Waals surface area contributed by atoms with Gasteiger partial charge in [0.1, 0.15) is 5.82 Å². The van der Waals surface area contributed by atoms with E-state index in [0.29, 0.717) is 29.8 Å². The lowest BCUT2D eigenvalue weighted by molar-refractivity contribution is -0.120. The quantitative estimate of drug-likeness (QED) is 0.411. The number of benzene rings is 2. The number of thioether (sulfide) groups is 1. The third-order valence-electron chi connectivity index (χ3n) is 4.67. The molecule has 1 unspecified atom stereocenters. The van der Waals surface area contributed by atoms with Crippen LogP contribution in [0.3, 0.4) is 0 Å². The van der Waals surface area contributed by atoms with E-state index in [-0.39, 0.29) is 11.7 Å². The van der Waals surface area contributed by atoms with Gasteiger partial charge in [0.15, 0.2) is 10.9 Å². The Balaban J connectivity index is 1.49. The molecule has 4 aromatic rings. The monoisotopic (exact) mass is 436 g/mol. The molecule has 0 aliphatic carbocycles. The molecule has 31 heavy (non-hydrogen) atoms. The summed E-state index contributed by atoms with van der Waals surface area (Å²) in [7, 11) is 0. The Hall–Kier alpha value is -3.39. The SMILES string of the molecule is CC(Sc1nnc(-c2ccco2)n1Cc1ccccc1)C(=O)NCc1ccc(F)cc1. The minimum atomic E-state index is -0.399. The van der Waals surface area contributed by atoms with E-state index in [1.54, 1.807) is 24.5 Å². The molecule has 8 heteroatoms. The minimum Gasteiger partial charge on any atom is -0.461 e. The third-order valence-corrected chi connectivity index (χ3v) is 5.75. The van der Waals surface area contributed by atoms with Crippen molar-refractivity contribution >= 4 is 17.7 Å². The number of rotatable bonds is 8. The molecule has 0 aliphatic heterocycles. The standard InChI is InChI=1S/C23H21FN4O2S/c1-16(22(29)25-14-17-9-11-19(24)12-10-17)31-23-27-26-21(20-8-5-13-30-20)28(23)15-18-6-3-2-4-7-18/h2-13,16H,14-15H2,1H3,(H,25,29). The van der Waals surface area contributed by atoms with Gasteiger partial charge in [0.25, 0.3) is 0 Å². The number of hydrogen-bond donors (Lipinski definition) is 1. The molecule has 1 amide bonds. The molecule has 0 saturated carbocycles. The van der Waals surface area contributed by atoms with E-state index < -0.39 is 5.25 Å². The van der Waals surface area contributed by atoms with Crippen molar-refractivity contribution in [2.24, 2.45) is 0 Å². The van der Waals surface area contributed by atoms with Crippen LogP contribution >= 0.6 is 11.8 Å². The summed E-state index contributed by atoms with van der Waals surface area (Å²) in [6.45, 7) is 2.70. The number of nitrogens with one attached hydrogen (secondary N) is 1. The van der Waals surface area contributed by atoms with E-state index in [2.05, 4.69) is 15.5 Å². The Morgan fingerprint density at radius 3 is 2.55 bits per heavy atom. The van der Waals surface area contributed by atoms with Crippen molar-refractivity contribution in [2.45, 2.75) is 30.4 Å². The fraction of sp³-hybridized carbons (Fsp3) is 0.174. The summed E-state index contributed by atoms with van der Waals surface area (Å²) >= 11 is 1.33. The molecule has 2 aromatic carbocycles. The Kier molecular flexibility index (Phi) is 6.47. The number of carbonyl (C=O) groups is 1. The molecular formula is C23H21FN4O2S. The van der Waals surface area contributed by atoms with E-state index in [9.17, 15) is 9.18 Å². The van der Waals surface area contributed by atoms with E-state index >= 15 is 0 Å². The Morgan fingerprint density at radius 1 is 1.06 bits per heavy atom. The van der Waals surface area contributed by atoms with Gasteiger partial charge in [0.2, 0.25) is 11.7 Å². The summed E-state index contributed by atoms with van der Waals surface area (Å²) < 4.78 is 20.5. The largest absolute Gasteiger partial charge is 0.461 e. The average Bonchev–Trinajstić information content (AvgIpc) is 3.44. The van der Waals surface area contributed by atoms with E-state index in [0.717, 1.165) is 11.1 Å². The molecule has 6 nitrogen and oxygen atoms in total. The van der Waals surface area contributed by atoms with Crippen LogP contribution in [-0.4, -0.2) is 25.9 Å².